The van der Waals surface area contributed by atoms with E-state index in [0.717, 1.165) is 5.56 Å². The number of rotatable bonds is 5. The molecule has 6 heteroatoms. The number of hydrogen-bond donors (Lipinski definition) is 2. The average molecular weight is 204 g/mol. The van der Waals surface area contributed by atoms with Crippen LogP contribution in [0.15, 0.2) is 12.4 Å². The molecule has 0 aliphatic heterocycles. The number of halogens is 2. The maximum Gasteiger partial charge on any atom is 0.255 e. The van der Waals surface area contributed by atoms with E-state index in [4.69, 9.17) is 5.84 Å². The molecule has 80 valence electrons. The Bertz CT molecular complexity index is 274. The lowest BCUT2D eigenvalue weighted by atomic mass is 10.1. The van der Waals surface area contributed by atoms with Crippen molar-refractivity contribution in [3.05, 3.63) is 18.0 Å². The summed E-state index contributed by atoms with van der Waals surface area (Å²) in [5, 5.41) is 3.94. The highest BCUT2D eigenvalue weighted by Crippen LogP contribution is 2.09. The summed E-state index contributed by atoms with van der Waals surface area (Å²) in [5.74, 6) is 4.99. The number of aryl methyl sites for hydroxylation is 2. The second-order valence-electron chi connectivity index (χ2n) is 3.17. The van der Waals surface area contributed by atoms with Crippen LogP contribution in [0.3, 0.4) is 0 Å². The predicted octanol–water partition coefficient (Wildman–Crippen LogP) is 0.450. The Morgan fingerprint density at radius 2 is 2.36 bits per heavy atom. The Labute approximate surface area is 81.1 Å². The lowest BCUT2D eigenvalue weighted by Gasteiger charge is -2.13. The van der Waals surface area contributed by atoms with E-state index in [1.807, 2.05) is 0 Å². The summed E-state index contributed by atoms with van der Waals surface area (Å²) in [6.45, 7) is 0. The monoisotopic (exact) mass is 204 g/mol. The maximum absolute atomic E-state index is 12.2. The lowest BCUT2D eigenvalue weighted by molar-refractivity contribution is 0.0945. The molecule has 0 aromatic carbocycles. The molecular formula is C8H14F2N4. The summed E-state index contributed by atoms with van der Waals surface area (Å²) in [7, 11) is 1.79. The predicted molar refractivity (Wildman–Crippen MR) is 48.6 cm³/mol. The van der Waals surface area contributed by atoms with Gasteiger partial charge in [-0.05, 0) is 18.4 Å². The summed E-state index contributed by atoms with van der Waals surface area (Å²) in [6.07, 6.45) is 1.89. The quantitative estimate of drug-likeness (QED) is 0.541. The topological polar surface area (TPSA) is 55.9 Å². The van der Waals surface area contributed by atoms with Gasteiger partial charge in [-0.15, -0.1) is 0 Å². The fraction of sp³-hybridized carbons (Fsp3) is 0.625. The molecule has 1 rings (SSSR count). The molecule has 1 aromatic rings. The second kappa shape index (κ2) is 5.02. The van der Waals surface area contributed by atoms with Crippen LogP contribution >= 0.6 is 0 Å². The third kappa shape index (κ3) is 3.04. The van der Waals surface area contributed by atoms with E-state index in [9.17, 15) is 8.78 Å². The van der Waals surface area contributed by atoms with Crippen molar-refractivity contribution in [1.29, 1.82) is 0 Å². The van der Waals surface area contributed by atoms with Crippen molar-refractivity contribution in [1.82, 2.24) is 15.2 Å². The van der Waals surface area contributed by atoms with Crippen molar-refractivity contribution in [2.45, 2.75) is 25.3 Å². The molecule has 0 saturated heterocycles. The summed E-state index contributed by atoms with van der Waals surface area (Å²) in [6, 6.07) is -0.949. The molecule has 0 saturated carbocycles. The Morgan fingerprint density at radius 3 is 2.79 bits per heavy atom. The molecule has 3 N–H and O–H groups in total. The minimum atomic E-state index is -2.43. The van der Waals surface area contributed by atoms with Gasteiger partial charge in [0.1, 0.15) is 0 Å². The van der Waals surface area contributed by atoms with Crippen molar-refractivity contribution in [2.75, 3.05) is 0 Å². The molecule has 1 heterocycles. The Morgan fingerprint density at radius 1 is 1.64 bits per heavy atom. The Balaban J connectivity index is 2.39. The first-order chi connectivity index (χ1) is 6.63. The molecule has 0 spiro atoms. The normalized spacial score (nSPS) is 13.5. The number of nitrogens with one attached hydrogen (secondary N) is 1. The summed E-state index contributed by atoms with van der Waals surface area (Å²) >= 11 is 0. The summed E-state index contributed by atoms with van der Waals surface area (Å²) in [5.41, 5.74) is 3.04. The lowest BCUT2D eigenvalue weighted by Crippen LogP contribution is -2.40. The van der Waals surface area contributed by atoms with Crippen molar-refractivity contribution in [3.63, 3.8) is 0 Å². The fourth-order valence-corrected chi connectivity index (χ4v) is 1.21. The van der Waals surface area contributed by atoms with E-state index in [2.05, 4.69) is 10.5 Å². The van der Waals surface area contributed by atoms with E-state index in [1.165, 1.54) is 0 Å². The van der Waals surface area contributed by atoms with Crippen molar-refractivity contribution in [3.8, 4) is 0 Å². The van der Waals surface area contributed by atoms with Crippen molar-refractivity contribution >= 4 is 0 Å². The molecule has 14 heavy (non-hydrogen) atoms. The van der Waals surface area contributed by atoms with Crippen LogP contribution in [0.4, 0.5) is 8.78 Å². The standard InChI is InChI=1S/C8H14F2N4/c1-14-5-6(4-12-14)2-3-7(13-11)8(9)10/h4-5,7-8,13H,2-3,11H2,1H3. The number of hydrogen-bond acceptors (Lipinski definition) is 3. The van der Waals surface area contributed by atoms with Gasteiger partial charge in [-0.2, -0.15) is 5.10 Å². The van der Waals surface area contributed by atoms with Crippen LogP contribution in [0.5, 0.6) is 0 Å². The van der Waals surface area contributed by atoms with E-state index >= 15 is 0 Å². The van der Waals surface area contributed by atoms with Crippen LogP contribution in [-0.2, 0) is 13.5 Å². The highest BCUT2D eigenvalue weighted by atomic mass is 19.3. The van der Waals surface area contributed by atoms with E-state index in [1.54, 1.807) is 24.1 Å². The van der Waals surface area contributed by atoms with Gasteiger partial charge in [-0.3, -0.25) is 16.0 Å². The smallest absolute Gasteiger partial charge is 0.255 e. The van der Waals surface area contributed by atoms with Crippen LogP contribution in [0, 0.1) is 0 Å². The molecule has 0 aliphatic carbocycles. The molecule has 0 fully saturated rings. The van der Waals surface area contributed by atoms with Gasteiger partial charge in [0, 0.05) is 13.2 Å². The molecule has 0 amide bonds. The van der Waals surface area contributed by atoms with Gasteiger partial charge in [0.2, 0.25) is 0 Å². The van der Waals surface area contributed by atoms with Gasteiger partial charge in [-0.1, -0.05) is 0 Å². The van der Waals surface area contributed by atoms with Crippen LogP contribution in [0.25, 0.3) is 0 Å². The third-order valence-corrected chi connectivity index (χ3v) is 2.02. The zero-order valence-electron chi connectivity index (χ0n) is 7.95. The van der Waals surface area contributed by atoms with Crippen LogP contribution < -0.4 is 11.3 Å². The number of alkyl halides is 2. The van der Waals surface area contributed by atoms with Gasteiger partial charge in [0.15, 0.2) is 0 Å². The SMILES string of the molecule is Cn1cc(CCC(NN)C(F)F)cn1. The zero-order valence-corrected chi connectivity index (χ0v) is 7.95. The Hall–Kier alpha value is -1.01. The molecule has 0 radical (unpaired) electrons. The maximum atomic E-state index is 12.2. The van der Waals surface area contributed by atoms with Crippen LogP contribution in [0.1, 0.15) is 12.0 Å². The van der Waals surface area contributed by atoms with E-state index < -0.39 is 12.5 Å². The minimum Gasteiger partial charge on any atom is -0.276 e. The molecule has 0 aliphatic rings. The molecule has 0 bridgehead atoms. The number of aromatic nitrogens is 2. The first kappa shape index (κ1) is 11.1. The summed E-state index contributed by atoms with van der Waals surface area (Å²) < 4.78 is 26.1. The highest BCUT2D eigenvalue weighted by molar-refractivity contribution is 5.03. The number of nitrogens with two attached hydrogens (primary N) is 1. The molecule has 1 unspecified atom stereocenters. The molecule has 4 nitrogen and oxygen atoms in total. The zero-order chi connectivity index (χ0) is 10.6. The van der Waals surface area contributed by atoms with E-state index in [0.29, 0.717) is 12.8 Å². The highest BCUT2D eigenvalue weighted by Gasteiger charge is 2.18. The largest absolute Gasteiger partial charge is 0.276 e. The fourth-order valence-electron chi connectivity index (χ4n) is 1.21. The second-order valence-corrected chi connectivity index (χ2v) is 3.17. The van der Waals surface area contributed by atoms with Gasteiger partial charge in [-0.25, -0.2) is 8.78 Å². The molecule has 1 atom stereocenters. The first-order valence-corrected chi connectivity index (χ1v) is 4.35. The van der Waals surface area contributed by atoms with Crippen molar-refractivity contribution < 1.29 is 8.78 Å². The third-order valence-electron chi connectivity index (χ3n) is 2.02. The van der Waals surface area contributed by atoms with Crippen LogP contribution in [-0.4, -0.2) is 22.2 Å². The van der Waals surface area contributed by atoms with Crippen LogP contribution in [0.2, 0.25) is 0 Å². The summed E-state index contributed by atoms with van der Waals surface area (Å²) in [4.78, 5) is 0. The minimum absolute atomic E-state index is 0.305. The van der Waals surface area contributed by atoms with Gasteiger partial charge in [0.25, 0.3) is 6.43 Å². The van der Waals surface area contributed by atoms with Gasteiger partial charge in [0.05, 0.1) is 12.2 Å². The average Bonchev–Trinajstić information content (AvgIpc) is 2.52. The first-order valence-electron chi connectivity index (χ1n) is 4.35. The van der Waals surface area contributed by atoms with Gasteiger partial charge < -0.3 is 0 Å². The molecule has 1 aromatic heterocycles. The van der Waals surface area contributed by atoms with Crippen molar-refractivity contribution in [2.24, 2.45) is 12.9 Å². The number of hydrazine groups is 1. The molecular weight excluding hydrogens is 190 g/mol. The number of nitrogens with zero attached hydrogens (tertiary/aromatic N) is 2. The van der Waals surface area contributed by atoms with E-state index in [-0.39, 0.29) is 0 Å². The Kier molecular flexibility index (Phi) is 3.97. The van der Waals surface area contributed by atoms with Gasteiger partial charge >= 0.3 is 0 Å².